The Labute approximate surface area is 129 Å². The van der Waals surface area contributed by atoms with Gasteiger partial charge in [0.1, 0.15) is 0 Å². The highest BCUT2D eigenvalue weighted by molar-refractivity contribution is 6.31. The van der Waals surface area contributed by atoms with Crippen LogP contribution in [0.1, 0.15) is 36.5 Å². The van der Waals surface area contributed by atoms with Crippen molar-refractivity contribution in [1.82, 2.24) is 4.98 Å². The van der Waals surface area contributed by atoms with Crippen LogP contribution in [0.2, 0.25) is 5.02 Å². The summed E-state index contributed by atoms with van der Waals surface area (Å²) in [6.45, 7) is 2.55. The number of unbranched alkanes of at least 4 members (excludes halogenated alkanes) is 2. The van der Waals surface area contributed by atoms with E-state index in [-0.39, 0.29) is 5.97 Å². The van der Waals surface area contributed by atoms with Crippen molar-refractivity contribution in [1.29, 1.82) is 0 Å². The van der Waals surface area contributed by atoms with E-state index in [0.29, 0.717) is 28.5 Å². The number of rotatable bonds is 6. The Kier molecular flexibility index (Phi) is 5.76. The molecule has 0 aliphatic carbocycles. The van der Waals surface area contributed by atoms with Crippen molar-refractivity contribution in [3.05, 3.63) is 53.2 Å². The minimum Gasteiger partial charge on any atom is -0.462 e. The first-order chi connectivity index (χ1) is 10.2. The fraction of sp³-hybridized carbons (Fsp3) is 0.294. The number of benzene rings is 1. The van der Waals surface area contributed by atoms with Gasteiger partial charge in [0.25, 0.3) is 0 Å². The molecule has 0 saturated carbocycles. The standard InChI is InChI=1S/C17H18ClNO2/c1-2-3-6-11-21-17(20)14-9-8-13(18)12-15(14)16-7-4-5-10-19-16/h4-5,7-10,12H,2-3,6,11H2,1H3. The Balaban J connectivity index is 2.21. The molecule has 3 nitrogen and oxygen atoms in total. The summed E-state index contributed by atoms with van der Waals surface area (Å²) in [4.78, 5) is 16.5. The molecule has 21 heavy (non-hydrogen) atoms. The largest absolute Gasteiger partial charge is 0.462 e. The lowest BCUT2D eigenvalue weighted by Crippen LogP contribution is -2.08. The highest BCUT2D eigenvalue weighted by Crippen LogP contribution is 2.26. The fourth-order valence-corrected chi connectivity index (χ4v) is 2.20. The van der Waals surface area contributed by atoms with Gasteiger partial charge in [-0.2, -0.15) is 0 Å². The quantitative estimate of drug-likeness (QED) is 0.571. The van der Waals surface area contributed by atoms with Gasteiger partial charge < -0.3 is 4.74 Å². The number of ether oxygens (including phenoxy) is 1. The molecule has 0 bridgehead atoms. The zero-order valence-corrected chi connectivity index (χ0v) is 12.8. The summed E-state index contributed by atoms with van der Waals surface area (Å²) >= 11 is 6.04. The third kappa shape index (κ3) is 4.30. The predicted molar refractivity (Wildman–Crippen MR) is 84.5 cm³/mol. The molecule has 0 fully saturated rings. The van der Waals surface area contributed by atoms with E-state index in [1.807, 2.05) is 18.2 Å². The molecule has 0 amide bonds. The number of nitrogens with zero attached hydrogens (tertiary/aromatic N) is 1. The predicted octanol–water partition coefficient (Wildman–Crippen LogP) is 4.75. The Bertz CT molecular complexity index is 599. The summed E-state index contributed by atoms with van der Waals surface area (Å²) in [6, 6.07) is 10.7. The fourth-order valence-electron chi connectivity index (χ4n) is 2.02. The van der Waals surface area contributed by atoms with Gasteiger partial charge in [0.05, 0.1) is 17.9 Å². The molecule has 4 heteroatoms. The van der Waals surface area contributed by atoms with Gasteiger partial charge in [-0.15, -0.1) is 0 Å². The van der Waals surface area contributed by atoms with Crippen molar-refractivity contribution in [2.45, 2.75) is 26.2 Å². The van der Waals surface area contributed by atoms with Crippen LogP contribution in [-0.4, -0.2) is 17.6 Å². The second kappa shape index (κ2) is 7.79. The van der Waals surface area contributed by atoms with Crippen LogP contribution in [0.5, 0.6) is 0 Å². The molecule has 1 aromatic heterocycles. The zero-order valence-electron chi connectivity index (χ0n) is 12.0. The first kappa shape index (κ1) is 15.5. The molecular weight excluding hydrogens is 286 g/mol. The van der Waals surface area contributed by atoms with E-state index in [2.05, 4.69) is 11.9 Å². The van der Waals surface area contributed by atoms with Crippen LogP contribution in [0.25, 0.3) is 11.3 Å². The average Bonchev–Trinajstić information content (AvgIpc) is 2.52. The smallest absolute Gasteiger partial charge is 0.338 e. The van der Waals surface area contributed by atoms with Gasteiger partial charge >= 0.3 is 5.97 Å². The molecule has 2 aromatic rings. The number of pyridine rings is 1. The molecule has 1 aromatic carbocycles. The summed E-state index contributed by atoms with van der Waals surface area (Å²) in [6.07, 6.45) is 4.72. The summed E-state index contributed by atoms with van der Waals surface area (Å²) < 4.78 is 5.32. The number of hydrogen-bond acceptors (Lipinski definition) is 3. The Morgan fingerprint density at radius 3 is 2.81 bits per heavy atom. The Hall–Kier alpha value is -1.87. The molecular formula is C17H18ClNO2. The van der Waals surface area contributed by atoms with Crippen LogP contribution in [0.3, 0.4) is 0 Å². The van der Waals surface area contributed by atoms with Gasteiger partial charge in [-0.3, -0.25) is 4.98 Å². The summed E-state index contributed by atoms with van der Waals surface area (Å²) in [7, 11) is 0. The van der Waals surface area contributed by atoms with Crippen molar-refractivity contribution in [3.63, 3.8) is 0 Å². The monoisotopic (exact) mass is 303 g/mol. The van der Waals surface area contributed by atoms with E-state index in [1.54, 1.807) is 24.4 Å². The van der Waals surface area contributed by atoms with Crippen molar-refractivity contribution in [2.24, 2.45) is 0 Å². The van der Waals surface area contributed by atoms with Crippen LogP contribution in [-0.2, 0) is 4.74 Å². The number of halogens is 1. The third-order valence-electron chi connectivity index (χ3n) is 3.12. The molecule has 0 unspecified atom stereocenters. The van der Waals surface area contributed by atoms with Crippen molar-refractivity contribution in [2.75, 3.05) is 6.61 Å². The van der Waals surface area contributed by atoms with Gasteiger partial charge in [-0.1, -0.05) is 37.4 Å². The molecule has 0 aliphatic rings. The lowest BCUT2D eigenvalue weighted by atomic mass is 10.0. The minimum atomic E-state index is -0.330. The van der Waals surface area contributed by atoms with E-state index in [9.17, 15) is 4.79 Å². The average molecular weight is 304 g/mol. The van der Waals surface area contributed by atoms with Crippen LogP contribution in [0.4, 0.5) is 0 Å². The third-order valence-corrected chi connectivity index (χ3v) is 3.36. The summed E-state index contributed by atoms with van der Waals surface area (Å²) in [5.41, 5.74) is 1.90. The van der Waals surface area contributed by atoms with Crippen molar-refractivity contribution < 1.29 is 9.53 Å². The second-order valence-corrected chi connectivity index (χ2v) is 5.18. The normalized spacial score (nSPS) is 10.4. The molecule has 0 saturated heterocycles. The number of carbonyl (C=O) groups excluding carboxylic acids is 1. The van der Waals surface area contributed by atoms with E-state index in [1.165, 1.54) is 0 Å². The van der Waals surface area contributed by atoms with E-state index in [4.69, 9.17) is 16.3 Å². The van der Waals surface area contributed by atoms with Crippen LogP contribution in [0.15, 0.2) is 42.6 Å². The number of carbonyl (C=O) groups is 1. The SMILES string of the molecule is CCCCCOC(=O)c1ccc(Cl)cc1-c1ccccn1. The highest BCUT2D eigenvalue weighted by Gasteiger charge is 2.15. The molecule has 1 heterocycles. The van der Waals surface area contributed by atoms with Gasteiger partial charge in [0.15, 0.2) is 0 Å². The summed E-state index contributed by atoms with van der Waals surface area (Å²) in [5.74, 6) is -0.330. The molecule has 0 N–H and O–H groups in total. The van der Waals surface area contributed by atoms with Crippen molar-refractivity contribution >= 4 is 17.6 Å². The van der Waals surface area contributed by atoms with Crippen LogP contribution >= 0.6 is 11.6 Å². The second-order valence-electron chi connectivity index (χ2n) is 4.75. The molecule has 110 valence electrons. The summed E-state index contributed by atoms with van der Waals surface area (Å²) in [5, 5.41) is 0.568. The molecule has 0 radical (unpaired) electrons. The first-order valence-electron chi connectivity index (χ1n) is 7.10. The van der Waals surface area contributed by atoms with Crippen LogP contribution in [0, 0.1) is 0 Å². The van der Waals surface area contributed by atoms with E-state index >= 15 is 0 Å². The highest BCUT2D eigenvalue weighted by atomic mass is 35.5. The van der Waals surface area contributed by atoms with E-state index < -0.39 is 0 Å². The molecule has 0 atom stereocenters. The maximum atomic E-state index is 12.2. The minimum absolute atomic E-state index is 0.330. The lowest BCUT2D eigenvalue weighted by Gasteiger charge is -2.10. The van der Waals surface area contributed by atoms with Gasteiger partial charge in [-0.25, -0.2) is 4.79 Å². The number of aromatic nitrogens is 1. The van der Waals surface area contributed by atoms with Crippen LogP contribution < -0.4 is 0 Å². The number of hydrogen-bond donors (Lipinski definition) is 0. The van der Waals surface area contributed by atoms with E-state index in [0.717, 1.165) is 19.3 Å². The number of esters is 1. The lowest BCUT2D eigenvalue weighted by molar-refractivity contribution is 0.0499. The van der Waals surface area contributed by atoms with Gasteiger partial charge in [0.2, 0.25) is 0 Å². The Morgan fingerprint density at radius 2 is 2.10 bits per heavy atom. The first-order valence-corrected chi connectivity index (χ1v) is 7.48. The zero-order chi connectivity index (χ0) is 15.1. The molecule has 0 spiro atoms. The van der Waals surface area contributed by atoms with Crippen molar-refractivity contribution in [3.8, 4) is 11.3 Å². The van der Waals surface area contributed by atoms with Gasteiger partial charge in [-0.05, 0) is 36.8 Å². The topological polar surface area (TPSA) is 39.2 Å². The molecule has 2 rings (SSSR count). The van der Waals surface area contributed by atoms with Gasteiger partial charge in [0, 0.05) is 16.8 Å². The maximum Gasteiger partial charge on any atom is 0.338 e. The Morgan fingerprint density at radius 1 is 1.24 bits per heavy atom. The maximum absolute atomic E-state index is 12.2. The molecule has 0 aliphatic heterocycles.